The van der Waals surface area contributed by atoms with Crippen molar-refractivity contribution in [3.8, 4) is 5.75 Å². The number of hydrogen-bond acceptors (Lipinski definition) is 6. The minimum absolute atomic E-state index is 0.284. The van der Waals surface area contributed by atoms with Crippen LogP contribution in [0, 0.1) is 0 Å². The van der Waals surface area contributed by atoms with E-state index in [-0.39, 0.29) is 5.91 Å². The first-order valence-electron chi connectivity index (χ1n) is 9.56. The second-order valence-electron chi connectivity index (χ2n) is 6.35. The van der Waals surface area contributed by atoms with Gasteiger partial charge in [-0.05, 0) is 67.6 Å². The van der Waals surface area contributed by atoms with Gasteiger partial charge in [-0.2, -0.15) is 0 Å². The van der Waals surface area contributed by atoms with E-state index in [9.17, 15) is 14.4 Å². The maximum Gasteiger partial charge on any atom is 0.338 e. The molecule has 3 rings (SSSR count). The lowest BCUT2D eigenvalue weighted by atomic mass is 10.2. The van der Waals surface area contributed by atoms with Gasteiger partial charge in [-0.3, -0.25) is 14.6 Å². The van der Waals surface area contributed by atoms with Crippen LogP contribution in [-0.4, -0.2) is 36.0 Å². The molecule has 8 nitrogen and oxygen atoms in total. The first-order valence-corrected chi connectivity index (χ1v) is 9.56. The molecule has 2 N–H and O–H groups in total. The van der Waals surface area contributed by atoms with Gasteiger partial charge < -0.3 is 20.1 Å². The molecule has 0 atom stereocenters. The second-order valence-corrected chi connectivity index (χ2v) is 6.35. The van der Waals surface area contributed by atoms with Crippen LogP contribution in [0.1, 0.15) is 27.6 Å². The van der Waals surface area contributed by atoms with Crippen LogP contribution < -0.4 is 15.4 Å². The molecule has 31 heavy (non-hydrogen) atoms. The zero-order valence-electron chi connectivity index (χ0n) is 16.8. The third-order valence-electron chi connectivity index (χ3n) is 4.10. The number of rotatable bonds is 8. The summed E-state index contributed by atoms with van der Waals surface area (Å²) in [5.41, 5.74) is 1.85. The zero-order valence-corrected chi connectivity index (χ0v) is 16.8. The molecule has 0 aliphatic rings. The molecule has 1 heterocycles. The molecule has 0 unspecified atom stereocenters. The lowest BCUT2D eigenvalue weighted by molar-refractivity contribution is -0.119. The van der Waals surface area contributed by atoms with Crippen LogP contribution in [0.3, 0.4) is 0 Å². The molecule has 0 spiro atoms. The summed E-state index contributed by atoms with van der Waals surface area (Å²) in [7, 11) is 0. The maximum atomic E-state index is 12.4. The fourth-order valence-corrected chi connectivity index (χ4v) is 2.61. The van der Waals surface area contributed by atoms with Crippen molar-refractivity contribution in [1.82, 2.24) is 4.98 Å². The number of aromatic nitrogens is 1. The summed E-state index contributed by atoms with van der Waals surface area (Å²) < 4.78 is 10.3. The summed E-state index contributed by atoms with van der Waals surface area (Å²) in [6, 6.07) is 16.4. The molecule has 158 valence electrons. The van der Waals surface area contributed by atoms with Gasteiger partial charge in [-0.1, -0.05) is 0 Å². The number of amides is 2. The van der Waals surface area contributed by atoms with E-state index >= 15 is 0 Å². The zero-order chi connectivity index (χ0) is 22.1. The van der Waals surface area contributed by atoms with Crippen LogP contribution in [0.4, 0.5) is 11.4 Å². The molecule has 0 radical (unpaired) electrons. The minimum atomic E-state index is -0.612. The van der Waals surface area contributed by atoms with E-state index in [4.69, 9.17) is 9.47 Å². The number of benzene rings is 2. The average molecular weight is 419 g/mol. The lowest BCUT2D eigenvalue weighted by Gasteiger charge is -2.09. The van der Waals surface area contributed by atoms with Gasteiger partial charge in [0.1, 0.15) is 5.75 Å². The fraction of sp³-hybridized carbons (Fsp3) is 0.130. The second kappa shape index (κ2) is 10.5. The van der Waals surface area contributed by atoms with Crippen molar-refractivity contribution < 1.29 is 23.9 Å². The Kier molecular flexibility index (Phi) is 7.31. The van der Waals surface area contributed by atoms with Crippen LogP contribution in [0.25, 0.3) is 0 Å². The van der Waals surface area contributed by atoms with E-state index in [1.165, 1.54) is 24.5 Å². The Morgan fingerprint density at radius 1 is 0.806 bits per heavy atom. The highest BCUT2D eigenvalue weighted by atomic mass is 16.5. The Hall–Kier alpha value is -4.20. The number of nitrogens with one attached hydrogen (secondary N) is 2. The summed E-state index contributed by atoms with van der Waals surface area (Å²) in [6.45, 7) is 2.04. The van der Waals surface area contributed by atoms with Gasteiger partial charge in [0.05, 0.1) is 12.2 Å². The Labute approximate surface area is 179 Å². The number of carbonyl (C=O) groups is 3. The van der Waals surface area contributed by atoms with E-state index in [1.54, 1.807) is 48.5 Å². The molecule has 0 aliphatic carbocycles. The number of carbonyl (C=O) groups excluding carboxylic acids is 3. The maximum absolute atomic E-state index is 12.4. The number of ether oxygens (including phenoxy) is 2. The van der Waals surface area contributed by atoms with Crippen LogP contribution in [-0.2, 0) is 9.53 Å². The summed E-state index contributed by atoms with van der Waals surface area (Å²) in [5, 5.41) is 5.40. The lowest BCUT2D eigenvalue weighted by Crippen LogP contribution is -2.21. The third kappa shape index (κ3) is 6.40. The van der Waals surface area contributed by atoms with Gasteiger partial charge in [0, 0.05) is 29.3 Å². The van der Waals surface area contributed by atoms with Gasteiger partial charge in [0.15, 0.2) is 6.61 Å². The van der Waals surface area contributed by atoms with E-state index < -0.39 is 18.5 Å². The van der Waals surface area contributed by atoms with Gasteiger partial charge in [-0.15, -0.1) is 0 Å². The average Bonchev–Trinajstić information content (AvgIpc) is 2.80. The van der Waals surface area contributed by atoms with E-state index in [2.05, 4.69) is 15.6 Å². The van der Waals surface area contributed by atoms with Crippen molar-refractivity contribution in [2.24, 2.45) is 0 Å². The Balaban J connectivity index is 1.49. The summed E-state index contributed by atoms with van der Waals surface area (Å²) in [4.78, 5) is 40.0. The van der Waals surface area contributed by atoms with Crippen molar-refractivity contribution in [3.05, 3.63) is 84.2 Å². The fourth-order valence-electron chi connectivity index (χ4n) is 2.61. The number of pyridine rings is 1. The Bertz CT molecular complexity index is 1040. The van der Waals surface area contributed by atoms with E-state index in [0.29, 0.717) is 29.1 Å². The Morgan fingerprint density at radius 2 is 1.42 bits per heavy atom. The van der Waals surface area contributed by atoms with Crippen LogP contribution in [0.2, 0.25) is 0 Å². The first kappa shape index (κ1) is 21.5. The molecular weight excluding hydrogens is 398 g/mol. The molecule has 0 saturated heterocycles. The highest BCUT2D eigenvalue weighted by Crippen LogP contribution is 2.17. The van der Waals surface area contributed by atoms with Gasteiger partial charge in [-0.25, -0.2) is 4.79 Å². The molecule has 0 aliphatic heterocycles. The number of anilines is 2. The quantitative estimate of drug-likeness (QED) is 0.541. The predicted molar refractivity (Wildman–Crippen MR) is 115 cm³/mol. The van der Waals surface area contributed by atoms with Crippen LogP contribution in [0.5, 0.6) is 5.75 Å². The summed E-state index contributed by atoms with van der Waals surface area (Å²) in [6.07, 6.45) is 2.93. The first-order chi connectivity index (χ1) is 15.0. The summed E-state index contributed by atoms with van der Waals surface area (Å²) >= 11 is 0. The van der Waals surface area contributed by atoms with Crippen molar-refractivity contribution in [3.63, 3.8) is 0 Å². The van der Waals surface area contributed by atoms with Gasteiger partial charge in [0.2, 0.25) is 0 Å². The number of hydrogen-bond donors (Lipinski definition) is 2. The standard InChI is InChI=1S/C23H21N3O5/c1-2-30-20-9-7-19(8-10-20)26-22(28)16-3-5-18(6-4-16)25-21(27)15-31-23(29)17-11-13-24-14-12-17/h3-14H,2,15H2,1H3,(H,25,27)(H,26,28). The molecule has 1 aromatic heterocycles. The van der Waals surface area contributed by atoms with Gasteiger partial charge >= 0.3 is 5.97 Å². The molecule has 0 saturated carbocycles. The summed E-state index contributed by atoms with van der Waals surface area (Å²) in [5.74, 6) is -0.659. The minimum Gasteiger partial charge on any atom is -0.494 e. The molecule has 2 amide bonds. The third-order valence-corrected chi connectivity index (χ3v) is 4.10. The molecule has 3 aromatic rings. The SMILES string of the molecule is CCOc1ccc(NC(=O)c2ccc(NC(=O)COC(=O)c3ccncc3)cc2)cc1. The number of nitrogens with zero attached hydrogens (tertiary/aromatic N) is 1. The number of esters is 1. The van der Waals surface area contributed by atoms with Crippen molar-refractivity contribution in [1.29, 1.82) is 0 Å². The molecular formula is C23H21N3O5. The van der Waals surface area contributed by atoms with Crippen LogP contribution in [0.15, 0.2) is 73.1 Å². The normalized spacial score (nSPS) is 10.1. The predicted octanol–water partition coefficient (Wildman–Crippen LogP) is 3.53. The highest BCUT2D eigenvalue weighted by Gasteiger charge is 2.11. The van der Waals surface area contributed by atoms with Crippen LogP contribution >= 0.6 is 0 Å². The Morgan fingerprint density at radius 3 is 2.06 bits per heavy atom. The highest BCUT2D eigenvalue weighted by molar-refractivity contribution is 6.04. The van der Waals surface area contributed by atoms with Crippen molar-refractivity contribution in [2.75, 3.05) is 23.8 Å². The van der Waals surface area contributed by atoms with E-state index in [0.717, 1.165) is 5.75 Å². The topological polar surface area (TPSA) is 107 Å². The van der Waals surface area contributed by atoms with E-state index in [1.807, 2.05) is 6.92 Å². The monoisotopic (exact) mass is 419 g/mol. The molecule has 8 heteroatoms. The van der Waals surface area contributed by atoms with Crippen molar-refractivity contribution >= 4 is 29.2 Å². The van der Waals surface area contributed by atoms with Gasteiger partial charge in [0.25, 0.3) is 11.8 Å². The molecule has 0 bridgehead atoms. The smallest absolute Gasteiger partial charge is 0.338 e. The molecule has 2 aromatic carbocycles. The van der Waals surface area contributed by atoms with Crippen molar-refractivity contribution in [2.45, 2.75) is 6.92 Å². The molecule has 0 fully saturated rings. The largest absolute Gasteiger partial charge is 0.494 e.